The summed E-state index contributed by atoms with van der Waals surface area (Å²) in [5.74, 6) is -0.0207. The van der Waals surface area contributed by atoms with Crippen LogP contribution in [-0.2, 0) is 33.7 Å². The first-order chi connectivity index (χ1) is 37.7. The quantitative estimate of drug-likeness (QED) is 0.0195. The number of methoxy groups -OCH3 is 2. The topological polar surface area (TPSA) is 235 Å². The second-order valence-corrected chi connectivity index (χ2v) is 22.3. The Morgan fingerprint density at radius 2 is 1.30 bits per heavy atom. The van der Waals surface area contributed by atoms with E-state index in [1.54, 1.807) is 26.4 Å². The van der Waals surface area contributed by atoms with E-state index in [0.29, 0.717) is 11.5 Å². The summed E-state index contributed by atoms with van der Waals surface area (Å²) >= 11 is 1.07. The van der Waals surface area contributed by atoms with Crippen LogP contribution in [0.3, 0.4) is 0 Å². The number of hydrogen-bond donors (Lipinski definition) is 1. The van der Waals surface area contributed by atoms with Crippen LogP contribution in [0.5, 0.6) is 11.5 Å². The number of benzene rings is 5. The highest BCUT2D eigenvalue weighted by atomic mass is 32.2. The Morgan fingerprint density at radius 1 is 0.785 bits per heavy atom. The molecule has 5 aromatic carbocycles. The van der Waals surface area contributed by atoms with E-state index in [0.717, 1.165) is 28.5 Å². The van der Waals surface area contributed by atoms with Crippen LogP contribution >= 0.6 is 20.3 Å². The van der Waals surface area contributed by atoms with Crippen molar-refractivity contribution in [3.8, 4) is 11.5 Å². The maximum atomic E-state index is 14.1. The smallest absolute Gasteiger partial charge is 0.412 e. The number of nitrogens with zero attached hydrogens (tertiary/aromatic N) is 5. The van der Waals surface area contributed by atoms with Gasteiger partial charge in [0, 0.05) is 53.4 Å². The fraction of sp³-hybridized carbons (Fsp3) is 0.368. The second kappa shape index (κ2) is 26.7. The van der Waals surface area contributed by atoms with E-state index in [1.807, 2.05) is 127 Å². The van der Waals surface area contributed by atoms with E-state index >= 15 is 0 Å². The average molecular weight is 1120 g/mol. The lowest BCUT2D eigenvalue weighted by atomic mass is 9.80. The van der Waals surface area contributed by atoms with Crippen LogP contribution in [-0.4, -0.2) is 92.9 Å². The molecule has 7 rings (SSSR count). The molecule has 79 heavy (non-hydrogen) atoms. The molecule has 1 amide bonds. The van der Waals surface area contributed by atoms with Crippen LogP contribution in [0.1, 0.15) is 94.9 Å². The summed E-state index contributed by atoms with van der Waals surface area (Å²) in [5, 5.41) is 26.6. The summed E-state index contributed by atoms with van der Waals surface area (Å²) in [6.45, 7) is 13.0. The normalized spacial score (nSPS) is 16.0. The number of carbonyl (C=O) groups is 2. The summed E-state index contributed by atoms with van der Waals surface area (Å²) < 4.78 is 47.8. The SMILES string of the molecule is COc1ccc(C(OC[C@H]2O[C@@H](n3ccc(NC(=O)OCC(c4ccccc4[N+](=O)[O-])c4ccccc4[N+](=O)[O-])nc3=O)C[C@@H]2OP(OCSC(=O)C(C)(C)C)N(C(C)C)C(C)C)(c2ccccc2)c2ccc(OC)cc2)cc1. The van der Waals surface area contributed by atoms with E-state index < -0.39 is 72.1 Å². The molecule has 1 fully saturated rings. The van der Waals surface area contributed by atoms with Crippen LogP contribution in [0.4, 0.5) is 22.0 Å². The molecule has 4 atom stereocenters. The molecule has 0 spiro atoms. The van der Waals surface area contributed by atoms with Crippen molar-refractivity contribution in [1.29, 1.82) is 0 Å². The first-order valence-electron chi connectivity index (χ1n) is 25.4. The Balaban J connectivity index is 1.21. The molecule has 1 aliphatic rings. The lowest BCUT2D eigenvalue weighted by Crippen LogP contribution is -2.39. The molecule has 1 N–H and O–H groups in total. The van der Waals surface area contributed by atoms with Gasteiger partial charge in [-0.15, -0.1) is 0 Å². The summed E-state index contributed by atoms with van der Waals surface area (Å²) in [5.41, 5.74) is -0.819. The number of nitrogens with one attached hydrogen (secondary N) is 1. The molecule has 1 saturated heterocycles. The summed E-state index contributed by atoms with van der Waals surface area (Å²) in [7, 11) is 1.31. The molecule has 0 radical (unpaired) electrons. The average Bonchev–Trinajstić information content (AvgIpc) is 3.92. The van der Waals surface area contributed by atoms with Crippen molar-refractivity contribution in [2.24, 2.45) is 5.41 Å². The molecule has 0 aliphatic carbocycles. The fourth-order valence-corrected chi connectivity index (χ4v) is 11.9. The first kappa shape index (κ1) is 59.6. The number of aromatic nitrogens is 2. The highest BCUT2D eigenvalue weighted by molar-refractivity contribution is 8.13. The minimum absolute atomic E-state index is 0.0151. The van der Waals surface area contributed by atoms with Gasteiger partial charge in [0.2, 0.25) is 0 Å². The van der Waals surface area contributed by atoms with Crippen molar-refractivity contribution in [3.05, 3.63) is 198 Å². The van der Waals surface area contributed by atoms with Gasteiger partial charge in [0.15, 0.2) is 5.12 Å². The van der Waals surface area contributed by atoms with Crippen molar-refractivity contribution in [2.45, 2.75) is 96.9 Å². The Labute approximate surface area is 464 Å². The van der Waals surface area contributed by atoms with Gasteiger partial charge < -0.3 is 32.7 Å². The number of thioether (sulfide) groups is 1. The molecule has 20 nitrogen and oxygen atoms in total. The van der Waals surface area contributed by atoms with Gasteiger partial charge in [-0.2, -0.15) is 4.98 Å². The van der Waals surface area contributed by atoms with E-state index in [-0.39, 0.29) is 64.5 Å². The lowest BCUT2D eigenvalue weighted by Gasteiger charge is -2.39. The number of nitro groups is 2. The number of nitro benzene ring substituents is 2. The van der Waals surface area contributed by atoms with Gasteiger partial charge >= 0.3 is 11.8 Å². The highest BCUT2D eigenvalue weighted by Gasteiger charge is 2.45. The number of carbonyl (C=O) groups excluding carboxylic acids is 2. The third-order valence-electron chi connectivity index (χ3n) is 13.0. The van der Waals surface area contributed by atoms with E-state index in [1.165, 1.54) is 53.2 Å². The molecule has 0 saturated carbocycles. The van der Waals surface area contributed by atoms with Gasteiger partial charge in [-0.1, -0.05) is 124 Å². The number of rotatable bonds is 24. The minimum atomic E-state index is -1.88. The Kier molecular flexibility index (Phi) is 20.1. The van der Waals surface area contributed by atoms with Crippen LogP contribution < -0.4 is 20.5 Å². The van der Waals surface area contributed by atoms with Crippen LogP contribution in [0.2, 0.25) is 0 Å². The molecule has 6 aromatic rings. The van der Waals surface area contributed by atoms with Gasteiger partial charge in [0.25, 0.3) is 19.9 Å². The molecule has 418 valence electrons. The van der Waals surface area contributed by atoms with Crippen molar-refractivity contribution in [3.63, 3.8) is 0 Å². The fourth-order valence-electron chi connectivity index (χ4n) is 9.24. The van der Waals surface area contributed by atoms with E-state index in [2.05, 4.69) is 15.0 Å². The van der Waals surface area contributed by atoms with Gasteiger partial charge in [0.05, 0.1) is 42.7 Å². The molecular formula is C57H65N6O14PS. The molecule has 1 aromatic heterocycles. The molecule has 2 heterocycles. The van der Waals surface area contributed by atoms with Crippen molar-refractivity contribution < 1.29 is 52.2 Å². The number of hydrogen-bond acceptors (Lipinski definition) is 17. The molecular weight excluding hydrogens is 1060 g/mol. The number of anilines is 1. The summed E-state index contributed by atoms with van der Waals surface area (Å²) in [4.78, 5) is 67.8. The number of ether oxygens (including phenoxy) is 5. The van der Waals surface area contributed by atoms with Crippen molar-refractivity contribution >= 4 is 48.7 Å². The lowest BCUT2D eigenvalue weighted by molar-refractivity contribution is -0.386. The zero-order chi connectivity index (χ0) is 57.0. The van der Waals surface area contributed by atoms with Crippen LogP contribution in [0.25, 0.3) is 0 Å². The first-order valence-corrected chi connectivity index (χ1v) is 27.6. The molecule has 1 aliphatic heterocycles. The van der Waals surface area contributed by atoms with Crippen molar-refractivity contribution in [1.82, 2.24) is 14.2 Å². The highest BCUT2D eigenvalue weighted by Crippen LogP contribution is 2.51. The Hall–Kier alpha value is -7.10. The monoisotopic (exact) mass is 1120 g/mol. The van der Waals surface area contributed by atoms with Gasteiger partial charge in [0.1, 0.15) is 47.8 Å². The van der Waals surface area contributed by atoms with Crippen LogP contribution in [0.15, 0.2) is 144 Å². The van der Waals surface area contributed by atoms with Crippen molar-refractivity contribution in [2.75, 3.05) is 38.7 Å². The van der Waals surface area contributed by atoms with Gasteiger partial charge in [-0.05, 0) is 74.7 Å². The maximum absolute atomic E-state index is 14.1. The zero-order valence-corrected chi connectivity index (χ0v) is 47.1. The standard InChI is InChI=1S/C57H65N6O14PS/c1-37(2)61(38(3)4)78(75-36-79-53(64)56(5,6)7)77-49-33-52(76-50(49)35-74-57(39-17-11-10-12-18-39,40-23-27-42(71-8)28-24-40)41-25-29-43(72-9)30-26-41)60-32-31-51(58-54(60)65)59-55(66)73-34-46(44-19-13-15-21-47(44)62(67)68)45-20-14-16-22-48(45)63(69)70/h10-32,37-38,46,49-50,52H,33-36H2,1-9H3,(H,58,59,65,66)/t49-,50+,52+,78?/m0/s1. The minimum Gasteiger partial charge on any atom is -0.497 e. The predicted molar refractivity (Wildman–Crippen MR) is 300 cm³/mol. The van der Waals surface area contributed by atoms with Crippen LogP contribution in [0, 0.1) is 25.6 Å². The summed E-state index contributed by atoms with van der Waals surface area (Å²) in [6, 6.07) is 37.6. The van der Waals surface area contributed by atoms with E-state index in [9.17, 15) is 34.6 Å². The number of amides is 1. The van der Waals surface area contributed by atoms with Gasteiger partial charge in [-0.3, -0.25) is 34.9 Å². The third kappa shape index (κ3) is 14.4. The largest absolute Gasteiger partial charge is 0.497 e. The number of para-hydroxylation sites is 2. The van der Waals surface area contributed by atoms with Gasteiger partial charge in [-0.25, -0.2) is 14.3 Å². The zero-order valence-electron chi connectivity index (χ0n) is 45.4. The predicted octanol–water partition coefficient (Wildman–Crippen LogP) is 11.8. The molecule has 0 bridgehead atoms. The molecule has 22 heteroatoms. The summed E-state index contributed by atoms with van der Waals surface area (Å²) in [6.07, 6.45) is -2.21. The van der Waals surface area contributed by atoms with E-state index in [4.69, 9.17) is 32.7 Å². The second-order valence-electron chi connectivity index (χ2n) is 20.0. The molecule has 1 unspecified atom stereocenters. The third-order valence-corrected chi connectivity index (χ3v) is 16.4. The maximum Gasteiger partial charge on any atom is 0.412 e. The Morgan fingerprint density at radius 3 is 1.80 bits per heavy atom. The Bertz CT molecular complexity index is 2990.